The fraction of sp³-hybridized carbons (Fsp3) is 0.500. The Labute approximate surface area is 128 Å². The molecule has 1 fully saturated rings. The fourth-order valence-electron chi connectivity index (χ4n) is 2.35. The summed E-state index contributed by atoms with van der Waals surface area (Å²) in [4.78, 5) is 20.9. The molecule has 5 atom stereocenters. The predicted octanol–water partition coefficient (Wildman–Crippen LogP) is 0.110. The van der Waals surface area contributed by atoms with Crippen LogP contribution in [0, 0.1) is 0 Å². The quantitative estimate of drug-likeness (QED) is 0.570. The molecule has 1 saturated heterocycles. The van der Waals surface area contributed by atoms with Crippen molar-refractivity contribution in [2.45, 2.75) is 37.4 Å². The molecule has 0 aromatic heterocycles. The van der Waals surface area contributed by atoms with Gasteiger partial charge in [-0.05, 0) is 18.6 Å². The van der Waals surface area contributed by atoms with Crippen LogP contribution in [0.3, 0.4) is 0 Å². The van der Waals surface area contributed by atoms with E-state index in [-0.39, 0.29) is 19.0 Å². The minimum absolute atomic E-state index is 0.0809. The first kappa shape index (κ1) is 17.1. The molecule has 0 bridgehead atoms. The van der Waals surface area contributed by atoms with Crippen molar-refractivity contribution in [2.75, 3.05) is 6.16 Å². The average Bonchev–Trinajstić information content (AvgIpc) is 2.50. The molecule has 1 aromatic carbocycles. The number of ether oxygens (including phenoxy) is 1. The summed E-state index contributed by atoms with van der Waals surface area (Å²) in [6, 6.07) is 8.44. The summed E-state index contributed by atoms with van der Waals surface area (Å²) in [6.07, 6.45) is -3.31. The monoisotopic (exact) mass is 329 g/mol. The van der Waals surface area contributed by atoms with Crippen LogP contribution in [0.1, 0.15) is 23.2 Å². The fourth-order valence-corrected chi connectivity index (χ4v) is 2.91. The maximum Gasteiger partial charge on any atom is 0.253 e. The molecule has 0 radical (unpaired) electrons. The number of hydrogen-bond acceptors (Lipinski definition) is 5. The van der Waals surface area contributed by atoms with E-state index in [4.69, 9.17) is 9.63 Å². The molecule has 7 nitrogen and oxygen atoms in total. The molecule has 2 rings (SSSR count). The number of benzene rings is 1. The Balaban J connectivity index is 1.98. The third-order valence-electron chi connectivity index (χ3n) is 3.54. The van der Waals surface area contributed by atoms with Crippen LogP contribution in [0.4, 0.5) is 0 Å². The summed E-state index contributed by atoms with van der Waals surface area (Å²) in [7, 11) is -2.61. The highest BCUT2D eigenvalue weighted by atomic mass is 31.1. The van der Waals surface area contributed by atoms with E-state index in [2.05, 4.69) is 5.32 Å². The summed E-state index contributed by atoms with van der Waals surface area (Å²) in [6.45, 7) is 0. The average molecular weight is 329 g/mol. The summed E-state index contributed by atoms with van der Waals surface area (Å²) >= 11 is 0. The lowest BCUT2D eigenvalue weighted by Gasteiger charge is -2.37. The van der Waals surface area contributed by atoms with Crippen molar-refractivity contribution in [3.8, 4) is 0 Å². The largest absolute Gasteiger partial charge is 0.390 e. The Kier molecular flexibility index (Phi) is 6.11. The molecule has 1 amide bonds. The standard InChI is InChI=1S/C14H20NO6P/c16-11-8-10(6-7-22(19)20)21-14(12(11)17)15-13(18)9-4-2-1-3-5-9/h1-5,10-12,14,16-17,22H,6-8H2,(H,15,18)(H,19,20)/t10-,11+,12+,14?/m1/s1. The van der Waals surface area contributed by atoms with Crippen LogP contribution in [-0.4, -0.2) is 51.7 Å². The van der Waals surface area contributed by atoms with Gasteiger partial charge in [-0.25, -0.2) is 0 Å². The number of nitrogens with one attached hydrogen (secondary N) is 1. The summed E-state index contributed by atoms with van der Waals surface area (Å²) in [5.74, 6) is -0.423. The van der Waals surface area contributed by atoms with Crippen LogP contribution in [0.5, 0.6) is 0 Å². The highest BCUT2D eigenvalue weighted by Gasteiger charge is 2.37. The zero-order chi connectivity index (χ0) is 16.1. The Morgan fingerprint density at radius 1 is 1.32 bits per heavy atom. The molecule has 0 aliphatic carbocycles. The molecular weight excluding hydrogens is 309 g/mol. The van der Waals surface area contributed by atoms with Crippen LogP contribution in [0.2, 0.25) is 0 Å². The van der Waals surface area contributed by atoms with E-state index in [0.717, 1.165) is 0 Å². The number of hydrogen-bond donors (Lipinski definition) is 4. The van der Waals surface area contributed by atoms with Gasteiger partial charge >= 0.3 is 0 Å². The van der Waals surface area contributed by atoms with Crippen LogP contribution in [-0.2, 0) is 9.30 Å². The highest BCUT2D eigenvalue weighted by molar-refractivity contribution is 7.37. The van der Waals surface area contributed by atoms with Crippen molar-refractivity contribution in [3.05, 3.63) is 35.9 Å². The third-order valence-corrected chi connectivity index (χ3v) is 4.25. The van der Waals surface area contributed by atoms with Crippen molar-refractivity contribution < 1.29 is 29.2 Å². The number of aliphatic hydroxyl groups is 2. The zero-order valence-electron chi connectivity index (χ0n) is 11.9. The maximum atomic E-state index is 12.1. The van der Waals surface area contributed by atoms with Gasteiger partial charge in [0.1, 0.15) is 6.10 Å². The second kappa shape index (κ2) is 7.85. The lowest BCUT2D eigenvalue weighted by atomic mass is 9.99. The maximum absolute atomic E-state index is 12.1. The van der Waals surface area contributed by atoms with E-state index in [9.17, 15) is 19.6 Å². The molecule has 0 saturated carbocycles. The van der Waals surface area contributed by atoms with Gasteiger partial charge in [0.2, 0.25) is 0 Å². The predicted molar refractivity (Wildman–Crippen MR) is 79.9 cm³/mol. The second-order valence-corrected chi connectivity index (χ2v) is 6.53. The summed E-state index contributed by atoms with van der Waals surface area (Å²) in [5, 5.41) is 22.3. The van der Waals surface area contributed by atoms with Gasteiger partial charge in [-0.2, -0.15) is 0 Å². The molecule has 1 heterocycles. The van der Waals surface area contributed by atoms with E-state index in [1.54, 1.807) is 30.3 Å². The van der Waals surface area contributed by atoms with Gasteiger partial charge in [-0.1, -0.05) is 18.2 Å². The molecular formula is C14H20NO6P. The Hall–Kier alpha value is -1.24. The van der Waals surface area contributed by atoms with Gasteiger partial charge < -0.3 is 25.2 Å². The SMILES string of the molecule is O=C(NC1O[C@H](CC[PH](=O)O)C[C@H](O)[C@@H]1O)c1ccccc1. The molecule has 0 spiro atoms. The van der Waals surface area contributed by atoms with Crippen molar-refractivity contribution in [1.29, 1.82) is 0 Å². The minimum Gasteiger partial charge on any atom is -0.390 e. The molecule has 8 heteroatoms. The first-order chi connectivity index (χ1) is 10.5. The topological polar surface area (TPSA) is 116 Å². The molecule has 122 valence electrons. The van der Waals surface area contributed by atoms with Gasteiger partial charge in [0.25, 0.3) is 5.91 Å². The van der Waals surface area contributed by atoms with Gasteiger partial charge in [0.15, 0.2) is 14.3 Å². The number of aliphatic hydroxyl groups excluding tert-OH is 2. The number of rotatable bonds is 5. The molecule has 2 unspecified atom stereocenters. The normalized spacial score (nSPS) is 29.8. The van der Waals surface area contributed by atoms with Crippen molar-refractivity contribution in [1.82, 2.24) is 5.32 Å². The van der Waals surface area contributed by atoms with E-state index in [1.165, 1.54) is 0 Å². The molecule has 1 aromatic rings. The van der Waals surface area contributed by atoms with E-state index in [0.29, 0.717) is 5.56 Å². The number of carbonyl (C=O) groups is 1. The smallest absolute Gasteiger partial charge is 0.253 e. The zero-order valence-corrected chi connectivity index (χ0v) is 12.9. The second-order valence-electron chi connectivity index (χ2n) is 5.24. The molecule has 1 aliphatic rings. The van der Waals surface area contributed by atoms with E-state index < -0.39 is 38.5 Å². The van der Waals surface area contributed by atoms with E-state index >= 15 is 0 Å². The van der Waals surface area contributed by atoms with Crippen molar-refractivity contribution in [2.24, 2.45) is 0 Å². The van der Waals surface area contributed by atoms with Gasteiger partial charge in [0, 0.05) is 18.1 Å². The Bertz CT molecular complexity index is 525. The lowest BCUT2D eigenvalue weighted by Crippen LogP contribution is -2.56. The van der Waals surface area contributed by atoms with Crippen molar-refractivity contribution >= 4 is 13.9 Å². The molecule has 1 aliphatic heterocycles. The molecule has 22 heavy (non-hydrogen) atoms. The summed E-state index contributed by atoms with van der Waals surface area (Å²) in [5.41, 5.74) is 0.412. The van der Waals surface area contributed by atoms with Gasteiger partial charge in [-0.3, -0.25) is 9.36 Å². The van der Waals surface area contributed by atoms with Gasteiger partial charge in [0.05, 0.1) is 12.2 Å². The van der Waals surface area contributed by atoms with Crippen LogP contribution < -0.4 is 5.32 Å². The Morgan fingerprint density at radius 2 is 2.00 bits per heavy atom. The number of amides is 1. The highest BCUT2D eigenvalue weighted by Crippen LogP contribution is 2.25. The first-order valence-corrected chi connectivity index (χ1v) is 8.63. The van der Waals surface area contributed by atoms with E-state index in [1.807, 2.05) is 0 Å². The lowest BCUT2D eigenvalue weighted by molar-refractivity contribution is -0.175. The van der Waals surface area contributed by atoms with Crippen LogP contribution in [0.15, 0.2) is 30.3 Å². The molecule has 4 N–H and O–H groups in total. The summed E-state index contributed by atoms with van der Waals surface area (Å²) < 4.78 is 16.3. The number of carbonyl (C=O) groups excluding carboxylic acids is 1. The minimum atomic E-state index is -2.61. The van der Waals surface area contributed by atoms with Crippen LogP contribution >= 0.6 is 8.03 Å². The van der Waals surface area contributed by atoms with Crippen LogP contribution in [0.25, 0.3) is 0 Å². The van der Waals surface area contributed by atoms with Gasteiger partial charge in [-0.15, -0.1) is 0 Å². The first-order valence-electron chi connectivity index (χ1n) is 7.06. The Morgan fingerprint density at radius 3 is 2.64 bits per heavy atom. The third kappa shape index (κ3) is 4.63. The van der Waals surface area contributed by atoms with Crippen molar-refractivity contribution in [3.63, 3.8) is 0 Å².